The number of nitrogens with one attached hydrogen (secondary N) is 2. The largest absolute Gasteiger partial charge is 0.379 e. The molecule has 1 saturated heterocycles. The third-order valence-electron chi connectivity index (χ3n) is 7.12. The lowest BCUT2D eigenvalue weighted by Crippen LogP contribution is -2.46. The van der Waals surface area contributed by atoms with Gasteiger partial charge in [0.25, 0.3) is 0 Å². The van der Waals surface area contributed by atoms with Crippen LogP contribution in [0.3, 0.4) is 0 Å². The number of hydrogen-bond donors (Lipinski definition) is 3. The molecule has 45 heavy (non-hydrogen) atoms. The van der Waals surface area contributed by atoms with Crippen LogP contribution >= 0.6 is 0 Å². The number of likely N-dealkylation sites (tertiary alicyclic amines) is 1. The minimum atomic E-state index is -0.733. The summed E-state index contributed by atoms with van der Waals surface area (Å²) in [5.41, 5.74) is 4.47. The smallest absolute Gasteiger partial charge is 0.312 e. The van der Waals surface area contributed by atoms with E-state index < -0.39 is 23.4 Å². The third-order valence-corrected chi connectivity index (χ3v) is 7.12. The number of nitrogens with zero attached hydrogens (tertiary/aromatic N) is 1. The number of hydrogen-bond acceptors (Lipinski definition) is 10. The lowest BCUT2D eigenvalue weighted by atomic mass is 9.78. The zero-order valence-corrected chi connectivity index (χ0v) is 27.7. The molecule has 0 aliphatic carbocycles. The van der Waals surface area contributed by atoms with Gasteiger partial charge in [-0.1, -0.05) is 34.6 Å². The molecule has 1 fully saturated rings. The molecule has 0 radical (unpaired) electrons. The van der Waals surface area contributed by atoms with Crippen molar-refractivity contribution in [2.24, 2.45) is 23.0 Å². The van der Waals surface area contributed by atoms with Gasteiger partial charge in [-0.25, -0.2) is 4.79 Å². The molecule has 2 atom stereocenters. The molecular weight excluding hydrogens is 588 g/mol. The van der Waals surface area contributed by atoms with E-state index in [-0.39, 0.29) is 87.3 Å². The number of rotatable bonds is 25. The van der Waals surface area contributed by atoms with E-state index in [2.05, 4.69) is 10.6 Å². The Morgan fingerprint density at radius 1 is 0.844 bits per heavy atom. The number of ketones is 2. The molecule has 0 spiro atoms. The highest BCUT2D eigenvalue weighted by molar-refractivity contribution is 6.01. The number of Topliss-reactive ketones (excluding diaryl/α,β-unsaturated/α-hetero) is 2. The topological polar surface area (TPSA) is 193 Å². The van der Waals surface area contributed by atoms with E-state index >= 15 is 0 Å². The van der Waals surface area contributed by atoms with E-state index in [0.29, 0.717) is 52.4 Å². The van der Waals surface area contributed by atoms with Crippen molar-refractivity contribution < 1.29 is 47.7 Å². The van der Waals surface area contributed by atoms with Gasteiger partial charge in [-0.15, -0.1) is 0 Å². The fourth-order valence-electron chi connectivity index (χ4n) is 4.69. The Hall–Kier alpha value is -2.94. The predicted molar refractivity (Wildman–Crippen MR) is 165 cm³/mol. The van der Waals surface area contributed by atoms with Gasteiger partial charge in [0.15, 0.2) is 5.78 Å². The average Bonchev–Trinajstić information content (AvgIpc) is 3.28. The summed E-state index contributed by atoms with van der Waals surface area (Å²) in [6.45, 7) is 12.2. The molecule has 0 aromatic heterocycles. The van der Waals surface area contributed by atoms with Crippen molar-refractivity contribution in [1.82, 2.24) is 15.5 Å². The predicted octanol–water partition coefficient (Wildman–Crippen LogP) is 1.37. The first-order valence-corrected chi connectivity index (χ1v) is 15.8. The molecule has 1 aliphatic rings. The maximum absolute atomic E-state index is 13.2. The Bertz CT molecular complexity index is 951. The maximum atomic E-state index is 13.2. The van der Waals surface area contributed by atoms with Crippen molar-refractivity contribution in [2.45, 2.75) is 79.2 Å². The van der Waals surface area contributed by atoms with Crippen LogP contribution in [0.2, 0.25) is 0 Å². The molecular formula is C31H54N4O10. The van der Waals surface area contributed by atoms with Crippen molar-refractivity contribution in [3.05, 3.63) is 0 Å². The van der Waals surface area contributed by atoms with E-state index in [1.165, 1.54) is 4.90 Å². The molecule has 0 bridgehead atoms. The summed E-state index contributed by atoms with van der Waals surface area (Å²) >= 11 is 0. The van der Waals surface area contributed by atoms with E-state index in [1.807, 2.05) is 34.6 Å². The fourth-order valence-corrected chi connectivity index (χ4v) is 4.69. The molecule has 1 heterocycles. The van der Waals surface area contributed by atoms with Gasteiger partial charge in [-0.2, -0.15) is 0 Å². The molecule has 14 nitrogen and oxygen atoms in total. The number of imide groups is 1. The third kappa shape index (κ3) is 17.4. The molecule has 5 amide bonds. The van der Waals surface area contributed by atoms with Crippen LogP contribution in [0.5, 0.6) is 0 Å². The molecule has 4 N–H and O–H groups in total. The summed E-state index contributed by atoms with van der Waals surface area (Å²) in [5, 5.41) is 5.30. The van der Waals surface area contributed by atoms with Crippen LogP contribution < -0.4 is 16.4 Å². The Kier molecular flexibility index (Phi) is 19.4. The second kappa shape index (κ2) is 21.7. The number of carbonyl (C=O) groups excluding carboxylic acids is 6. The van der Waals surface area contributed by atoms with E-state index in [0.717, 1.165) is 0 Å². The first-order valence-electron chi connectivity index (χ1n) is 15.8. The molecule has 258 valence electrons. The van der Waals surface area contributed by atoms with Crippen LogP contribution in [0.4, 0.5) is 4.79 Å². The first kappa shape index (κ1) is 40.1. The molecule has 1 rings (SSSR count). The van der Waals surface area contributed by atoms with Crippen LogP contribution in [0.1, 0.15) is 73.1 Å². The van der Waals surface area contributed by atoms with Crippen molar-refractivity contribution in [1.29, 1.82) is 0 Å². The first-order chi connectivity index (χ1) is 21.2. The van der Waals surface area contributed by atoms with Gasteiger partial charge in [0.05, 0.1) is 65.4 Å². The minimum Gasteiger partial charge on any atom is -0.379 e. The van der Waals surface area contributed by atoms with Gasteiger partial charge in [0.2, 0.25) is 17.7 Å². The summed E-state index contributed by atoms with van der Waals surface area (Å²) in [5.74, 6) is -1.57. The lowest BCUT2D eigenvalue weighted by Gasteiger charge is -2.27. The van der Waals surface area contributed by atoms with Gasteiger partial charge in [-0.05, 0) is 18.8 Å². The monoisotopic (exact) mass is 642 g/mol. The van der Waals surface area contributed by atoms with Gasteiger partial charge < -0.3 is 35.3 Å². The van der Waals surface area contributed by atoms with Crippen LogP contribution in [-0.2, 0) is 42.9 Å². The highest BCUT2D eigenvalue weighted by atomic mass is 16.6. The molecule has 0 aromatic rings. The maximum Gasteiger partial charge on any atom is 0.312 e. The van der Waals surface area contributed by atoms with E-state index in [4.69, 9.17) is 24.7 Å². The van der Waals surface area contributed by atoms with Crippen LogP contribution in [-0.4, -0.2) is 112 Å². The second-order valence-corrected chi connectivity index (χ2v) is 12.3. The highest BCUT2D eigenvalue weighted by Crippen LogP contribution is 2.26. The summed E-state index contributed by atoms with van der Waals surface area (Å²) in [4.78, 5) is 74.0. The lowest BCUT2D eigenvalue weighted by molar-refractivity contribution is -0.139. The van der Waals surface area contributed by atoms with Gasteiger partial charge >= 0.3 is 6.03 Å². The number of ether oxygens (including phenoxy) is 4. The van der Waals surface area contributed by atoms with Crippen molar-refractivity contribution in [3.8, 4) is 0 Å². The molecule has 0 aromatic carbocycles. The summed E-state index contributed by atoms with van der Waals surface area (Å²) in [6, 6.07) is -1.37. The van der Waals surface area contributed by atoms with Crippen LogP contribution in [0.15, 0.2) is 0 Å². The standard InChI is InChI=1S/C31H54N4O10/c1-22(2)28(24(36)21-23(29(40)31(3,4)5)7-6-11-33-30(32)41)34-25(37)10-13-42-15-17-44-19-20-45-18-16-43-14-12-35-26(38)8-9-27(35)39/h22-23,28H,6-21H2,1-5H3,(H,34,37)(H3,32,33,41)/t23-,28?/m1/s1. The van der Waals surface area contributed by atoms with Gasteiger partial charge in [0.1, 0.15) is 5.78 Å². The van der Waals surface area contributed by atoms with Crippen LogP contribution in [0.25, 0.3) is 0 Å². The summed E-state index contributed by atoms with van der Waals surface area (Å²) in [6.07, 6.45) is 1.54. The number of urea groups is 1. The minimum absolute atomic E-state index is 0.00342. The number of primary amides is 1. The molecule has 0 saturated carbocycles. The normalized spacial score (nSPS) is 14.9. The van der Waals surface area contributed by atoms with Gasteiger partial charge in [-0.3, -0.25) is 28.9 Å². The second-order valence-electron chi connectivity index (χ2n) is 12.3. The highest BCUT2D eigenvalue weighted by Gasteiger charge is 2.34. The van der Waals surface area contributed by atoms with E-state index in [9.17, 15) is 28.8 Å². The summed E-state index contributed by atoms with van der Waals surface area (Å²) in [7, 11) is 0. The molecule has 1 aliphatic heterocycles. The fraction of sp³-hybridized carbons (Fsp3) is 0.806. The Morgan fingerprint density at radius 3 is 1.84 bits per heavy atom. The van der Waals surface area contributed by atoms with Gasteiger partial charge in [0, 0.05) is 43.6 Å². The van der Waals surface area contributed by atoms with Crippen LogP contribution in [0, 0.1) is 17.3 Å². The van der Waals surface area contributed by atoms with E-state index in [1.54, 1.807) is 0 Å². The molecule has 1 unspecified atom stereocenters. The zero-order chi connectivity index (χ0) is 33.8. The van der Waals surface area contributed by atoms with Crippen molar-refractivity contribution in [2.75, 3.05) is 65.9 Å². The Labute approximate surface area is 266 Å². The molecule has 14 heteroatoms. The number of amides is 5. The zero-order valence-electron chi connectivity index (χ0n) is 27.7. The Morgan fingerprint density at radius 2 is 1.36 bits per heavy atom. The van der Waals surface area contributed by atoms with Crippen molar-refractivity contribution >= 4 is 35.3 Å². The number of nitrogens with two attached hydrogens (primary N) is 1. The quantitative estimate of drug-likeness (QED) is 0.0968. The Balaban J connectivity index is 2.22. The summed E-state index contributed by atoms with van der Waals surface area (Å²) < 4.78 is 21.7. The SMILES string of the molecule is CC(C)C(NC(=O)CCOCCOCCOCCOCCN1C(=O)CCC1=O)C(=O)C[C@@H](CCCNC(N)=O)C(=O)C(C)(C)C. The number of carbonyl (C=O) groups is 6. The van der Waals surface area contributed by atoms with Crippen molar-refractivity contribution in [3.63, 3.8) is 0 Å². The average molecular weight is 643 g/mol.